The maximum Gasteiger partial charge on any atom is 0.240 e. The molecule has 1 unspecified atom stereocenters. The molecule has 0 bridgehead atoms. The quantitative estimate of drug-likeness (QED) is 0.280. The predicted molar refractivity (Wildman–Crippen MR) is 206 cm³/mol. The van der Waals surface area contributed by atoms with Gasteiger partial charge in [0.15, 0.2) is 5.78 Å². The van der Waals surface area contributed by atoms with E-state index in [4.69, 9.17) is 9.47 Å². The van der Waals surface area contributed by atoms with E-state index >= 15 is 0 Å². The van der Waals surface area contributed by atoms with Gasteiger partial charge in [-0.05, 0) is 98.3 Å². The van der Waals surface area contributed by atoms with Gasteiger partial charge < -0.3 is 14.4 Å². The first kappa shape index (κ1) is 39.9. The summed E-state index contributed by atoms with van der Waals surface area (Å²) in [5, 5.41) is 1.61. The SMILES string of the molecule is COc1ccc2c(O[C@@H]3CC4C(=O)C[C@]5(C(=O)NS(=O)(=O)C6(C)CC6)C[C@H]5/C=C\CC[C@H](C)C[C@@H](C)[C@H](CC(=O)CC(C)(C)C)C(=O)N4C3)nccc2c1. The number of rotatable bonds is 9. The number of benzene rings is 1. The smallest absolute Gasteiger partial charge is 0.240 e. The highest BCUT2D eigenvalue weighted by molar-refractivity contribution is 7.91. The molecule has 7 atom stereocenters. The highest BCUT2D eigenvalue weighted by Crippen LogP contribution is 2.57. The molecule has 1 aromatic carbocycles. The zero-order valence-corrected chi connectivity index (χ0v) is 33.7. The zero-order chi connectivity index (χ0) is 39.2. The van der Waals surface area contributed by atoms with Crippen LogP contribution < -0.4 is 14.2 Å². The Kier molecular flexibility index (Phi) is 11.1. The van der Waals surface area contributed by atoms with Gasteiger partial charge in [0.1, 0.15) is 17.6 Å². The lowest BCUT2D eigenvalue weighted by Gasteiger charge is -2.32. The maximum absolute atomic E-state index is 14.9. The van der Waals surface area contributed by atoms with Crippen LogP contribution in [0, 0.1) is 34.5 Å². The van der Waals surface area contributed by atoms with Gasteiger partial charge in [-0.1, -0.05) is 46.8 Å². The van der Waals surface area contributed by atoms with Gasteiger partial charge in [0.25, 0.3) is 0 Å². The zero-order valence-electron chi connectivity index (χ0n) is 32.9. The Morgan fingerprint density at radius 3 is 2.52 bits per heavy atom. The van der Waals surface area contributed by atoms with Gasteiger partial charge in [-0.25, -0.2) is 13.4 Å². The lowest BCUT2D eigenvalue weighted by Crippen LogP contribution is -2.48. The van der Waals surface area contributed by atoms with Crippen LogP contribution in [0.2, 0.25) is 0 Å². The molecule has 0 radical (unpaired) electrons. The molecule has 2 saturated carbocycles. The average Bonchev–Trinajstić information content (AvgIpc) is 3.97. The van der Waals surface area contributed by atoms with Crippen molar-refractivity contribution in [2.24, 2.45) is 34.5 Å². The second-order valence-electron chi connectivity index (χ2n) is 18.1. The number of carbonyl (C=O) groups is 4. The van der Waals surface area contributed by atoms with Crippen LogP contribution in [-0.4, -0.2) is 72.2 Å². The predicted octanol–water partition coefficient (Wildman–Crippen LogP) is 6.58. The summed E-state index contributed by atoms with van der Waals surface area (Å²) in [6.07, 6.45) is 9.01. The monoisotopic (exact) mass is 763 g/mol. The molecule has 11 nitrogen and oxygen atoms in total. The van der Waals surface area contributed by atoms with E-state index in [9.17, 15) is 27.6 Å². The van der Waals surface area contributed by atoms with E-state index in [1.54, 1.807) is 25.1 Å². The van der Waals surface area contributed by atoms with Crippen LogP contribution in [0.4, 0.5) is 0 Å². The topological polar surface area (TPSA) is 149 Å². The summed E-state index contributed by atoms with van der Waals surface area (Å²) in [5.74, 6) is -1.01. The van der Waals surface area contributed by atoms with E-state index in [0.717, 1.165) is 30.0 Å². The number of ketones is 2. The first-order valence-corrected chi connectivity index (χ1v) is 21.0. The Balaban J connectivity index is 1.35. The molecule has 6 rings (SSSR count). The number of amides is 2. The molecular weight excluding hydrogens is 707 g/mol. The normalized spacial score (nSPS) is 30.7. The van der Waals surface area contributed by atoms with Gasteiger partial charge in [0, 0.05) is 43.2 Å². The first-order valence-electron chi connectivity index (χ1n) is 19.5. The first-order chi connectivity index (χ1) is 25.3. The number of hydrogen-bond acceptors (Lipinski definition) is 9. The fraction of sp³-hybridized carbons (Fsp3) is 0.643. The van der Waals surface area contributed by atoms with Gasteiger partial charge in [-0.15, -0.1) is 0 Å². The fourth-order valence-corrected chi connectivity index (χ4v) is 9.83. The number of Topliss-reactive ketones (excluding diaryl/α,β-unsaturated/α-hetero) is 2. The second-order valence-corrected chi connectivity index (χ2v) is 20.3. The van der Waals surface area contributed by atoms with Crippen LogP contribution in [0.1, 0.15) is 106 Å². The standard InChI is InChI=1S/C42H57N3O8S/c1-26-10-8-9-11-29-22-42(29,39(49)44-54(50,51)41(6)15-16-41)24-36(47)35-21-32(53-37-33-13-12-31(52-7)19-28(33)14-17-43-37)25-45(35)38(48)34(27(2)18-26)20-30(46)23-40(3,4)5/h9,11-14,17,19,26-27,29,32,34-35H,8,10,15-16,18,20-25H2,1-7H3,(H,44,49)/b11-9-/t26-,27+,29+,32+,34-,35?,42+/m0/s1. The third kappa shape index (κ3) is 8.53. The highest BCUT2D eigenvalue weighted by atomic mass is 32.2. The fourth-order valence-electron chi connectivity index (χ4n) is 8.50. The van der Waals surface area contributed by atoms with E-state index in [-0.39, 0.29) is 66.4 Å². The van der Waals surface area contributed by atoms with Crippen molar-refractivity contribution in [3.8, 4) is 11.6 Å². The van der Waals surface area contributed by atoms with Gasteiger partial charge in [-0.3, -0.25) is 23.9 Å². The van der Waals surface area contributed by atoms with Crippen LogP contribution in [0.3, 0.4) is 0 Å². The number of fused-ring (bicyclic) bond motifs is 3. The Labute approximate surface area is 320 Å². The van der Waals surface area contributed by atoms with Gasteiger partial charge >= 0.3 is 0 Å². The summed E-state index contributed by atoms with van der Waals surface area (Å²) in [5.41, 5.74) is -1.49. The number of ether oxygens (including phenoxy) is 2. The number of allylic oxidation sites excluding steroid dienone is 2. The van der Waals surface area contributed by atoms with E-state index < -0.39 is 44.2 Å². The number of aromatic nitrogens is 1. The van der Waals surface area contributed by atoms with E-state index in [2.05, 4.69) is 16.6 Å². The van der Waals surface area contributed by atoms with Crippen molar-refractivity contribution in [1.29, 1.82) is 0 Å². The Hall–Kier alpha value is -3.80. The summed E-state index contributed by atoms with van der Waals surface area (Å²) >= 11 is 0. The van der Waals surface area contributed by atoms with Crippen LogP contribution in [0.25, 0.3) is 10.8 Å². The Morgan fingerprint density at radius 1 is 1.09 bits per heavy atom. The molecule has 294 valence electrons. The number of nitrogens with zero attached hydrogens (tertiary/aromatic N) is 2. The lowest BCUT2D eigenvalue weighted by molar-refractivity contribution is -0.145. The minimum atomic E-state index is -3.93. The van der Waals surface area contributed by atoms with Crippen LogP contribution in [0.15, 0.2) is 42.6 Å². The van der Waals surface area contributed by atoms with Crippen LogP contribution in [0.5, 0.6) is 11.6 Å². The molecule has 1 N–H and O–H groups in total. The maximum atomic E-state index is 14.9. The van der Waals surface area contributed by atoms with Crippen molar-refractivity contribution in [3.63, 3.8) is 0 Å². The molecule has 12 heteroatoms. The molecule has 54 heavy (non-hydrogen) atoms. The number of pyridine rings is 1. The number of methoxy groups -OCH3 is 1. The second kappa shape index (κ2) is 15.0. The van der Waals surface area contributed by atoms with Crippen molar-refractivity contribution < 1.29 is 37.1 Å². The van der Waals surface area contributed by atoms with E-state index in [1.807, 2.05) is 64.1 Å². The van der Waals surface area contributed by atoms with Crippen molar-refractivity contribution >= 4 is 44.2 Å². The van der Waals surface area contributed by atoms with Gasteiger partial charge in [0.05, 0.1) is 29.9 Å². The third-order valence-electron chi connectivity index (χ3n) is 12.2. The Morgan fingerprint density at radius 2 is 1.83 bits per heavy atom. The van der Waals surface area contributed by atoms with E-state index in [0.29, 0.717) is 37.3 Å². The summed E-state index contributed by atoms with van der Waals surface area (Å²) in [6, 6.07) is 6.48. The van der Waals surface area contributed by atoms with E-state index in [1.165, 1.54) is 0 Å². The number of nitrogens with one attached hydrogen (secondary N) is 1. The lowest BCUT2D eigenvalue weighted by atomic mass is 9.79. The van der Waals surface area contributed by atoms with Crippen molar-refractivity contribution in [2.75, 3.05) is 13.7 Å². The van der Waals surface area contributed by atoms with Crippen molar-refractivity contribution in [1.82, 2.24) is 14.6 Å². The Bertz CT molecular complexity index is 1930. The molecule has 2 aliphatic carbocycles. The summed E-state index contributed by atoms with van der Waals surface area (Å²) in [4.78, 5) is 63.1. The summed E-state index contributed by atoms with van der Waals surface area (Å²) in [6.45, 7) is 11.9. The molecule has 1 saturated heterocycles. The van der Waals surface area contributed by atoms with Crippen LogP contribution >= 0.6 is 0 Å². The average molecular weight is 764 g/mol. The largest absolute Gasteiger partial charge is 0.497 e. The van der Waals surface area contributed by atoms with Gasteiger partial charge in [-0.2, -0.15) is 0 Å². The van der Waals surface area contributed by atoms with Gasteiger partial charge in [0.2, 0.25) is 27.7 Å². The molecule has 4 aliphatic rings. The minimum Gasteiger partial charge on any atom is -0.497 e. The highest BCUT2D eigenvalue weighted by Gasteiger charge is 2.62. The summed E-state index contributed by atoms with van der Waals surface area (Å²) < 4.78 is 39.7. The number of carbonyl (C=O) groups excluding carboxylic acids is 4. The number of sulfonamides is 1. The molecule has 3 heterocycles. The molecule has 1 aromatic heterocycles. The van der Waals surface area contributed by atoms with Crippen molar-refractivity contribution in [3.05, 3.63) is 42.6 Å². The molecule has 2 aromatic rings. The molecule has 3 fully saturated rings. The molecule has 2 amide bonds. The molecule has 2 aliphatic heterocycles. The number of hydrogen-bond donors (Lipinski definition) is 1. The summed E-state index contributed by atoms with van der Waals surface area (Å²) in [7, 11) is -2.34. The molecular formula is C42H57N3O8S. The van der Waals surface area contributed by atoms with Crippen LogP contribution in [-0.2, 0) is 29.2 Å². The minimum absolute atomic E-state index is 0.00785. The third-order valence-corrected chi connectivity index (χ3v) is 14.3. The molecule has 0 spiro atoms. The van der Waals surface area contributed by atoms with Crippen molar-refractivity contribution in [2.45, 2.75) is 123 Å².